The van der Waals surface area contributed by atoms with E-state index in [-0.39, 0.29) is 6.04 Å². The Bertz CT molecular complexity index is 511. The summed E-state index contributed by atoms with van der Waals surface area (Å²) in [5.74, 6) is 6.60. The van der Waals surface area contributed by atoms with Gasteiger partial charge >= 0.3 is 0 Å². The molecule has 1 aromatic carbocycles. The van der Waals surface area contributed by atoms with Crippen molar-refractivity contribution >= 4 is 11.3 Å². The third-order valence-corrected chi connectivity index (χ3v) is 4.22. The predicted octanol–water partition coefficient (Wildman–Crippen LogP) is 3.20. The van der Waals surface area contributed by atoms with E-state index in [1.54, 1.807) is 18.4 Å². The molecule has 19 heavy (non-hydrogen) atoms. The molecule has 1 heterocycles. The molecule has 0 aliphatic rings. The highest BCUT2D eigenvalue weighted by Crippen LogP contribution is 2.25. The van der Waals surface area contributed by atoms with Crippen molar-refractivity contribution in [1.29, 1.82) is 0 Å². The number of methoxy groups -OCH3 is 1. The van der Waals surface area contributed by atoms with Gasteiger partial charge in [0, 0.05) is 10.9 Å². The Hall–Kier alpha value is -1.36. The van der Waals surface area contributed by atoms with Crippen LogP contribution in [0.25, 0.3) is 0 Å². The standard InChI is InChI=1S/C15H20N2OS/c1-11-10-12(5-8-15(11)18-2)14(17-16)7-6-13-4-3-9-19-13/h3-5,8-10,14,17H,6-7,16H2,1-2H3. The molecule has 4 heteroatoms. The lowest BCUT2D eigenvalue weighted by Gasteiger charge is -2.17. The van der Waals surface area contributed by atoms with Crippen molar-refractivity contribution in [2.75, 3.05) is 7.11 Å². The number of hydrazine groups is 1. The minimum atomic E-state index is 0.173. The highest BCUT2D eigenvalue weighted by Gasteiger charge is 2.11. The number of aryl methyl sites for hydroxylation is 2. The van der Waals surface area contributed by atoms with E-state index in [9.17, 15) is 0 Å². The first-order chi connectivity index (χ1) is 9.24. The van der Waals surface area contributed by atoms with Gasteiger partial charge in [-0.2, -0.15) is 0 Å². The van der Waals surface area contributed by atoms with Crippen molar-refractivity contribution in [2.24, 2.45) is 5.84 Å². The third kappa shape index (κ3) is 3.56. The monoisotopic (exact) mass is 276 g/mol. The summed E-state index contributed by atoms with van der Waals surface area (Å²) in [6.07, 6.45) is 2.03. The predicted molar refractivity (Wildman–Crippen MR) is 80.4 cm³/mol. The van der Waals surface area contributed by atoms with Crippen LogP contribution in [0.5, 0.6) is 5.75 Å². The van der Waals surface area contributed by atoms with E-state index in [1.807, 2.05) is 6.07 Å². The van der Waals surface area contributed by atoms with Gasteiger partial charge in [0.15, 0.2) is 0 Å². The van der Waals surface area contributed by atoms with Crippen LogP contribution in [0, 0.1) is 6.92 Å². The summed E-state index contributed by atoms with van der Waals surface area (Å²) in [5, 5.41) is 2.11. The maximum Gasteiger partial charge on any atom is 0.121 e. The van der Waals surface area contributed by atoms with Crippen LogP contribution in [-0.4, -0.2) is 7.11 Å². The van der Waals surface area contributed by atoms with Gasteiger partial charge in [-0.15, -0.1) is 11.3 Å². The van der Waals surface area contributed by atoms with E-state index in [1.165, 1.54) is 10.4 Å². The molecule has 102 valence electrons. The first kappa shape index (κ1) is 14.1. The Morgan fingerprint density at radius 3 is 2.79 bits per heavy atom. The molecule has 2 aromatic rings. The fraction of sp³-hybridized carbons (Fsp3) is 0.333. The summed E-state index contributed by atoms with van der Waals surface area (Å²) < 4.78 is 5.28. The molecule has 1 atom stereocenters. The van der Waals surface area contributed by atoms with Crippen molar-refractivity contribution in [3.63, 3.8) is 0 Å². The van der Waals surface area contributed by atoms with Crippen molar-refractivity contribution in [3.8, 4) is 5.75 Å². The number of nitrogens with one attached hydrogen (secondary N) is 1. The molecular weight excluding hydrogens is 256 g/mol. The van der Waals surface area contributed by atoms with Gasteiger partial charge < -0.3 is 4.74 Å². The smallest absolute Gasteiger partial charge is 0.121 e. The molecule has 0 saturated carbocycles. The van der Waals surface area contributed by atoms with Crippen LogP contribution >= 0.6 is 11.3 Å². The number of nitrogens with two attached hydrogens (primary N) is 1. The number of benzene rings is 1. The van der Waals surface area contributed by atoms with Gasteiger partial charge in [-0.05, 0) is 48.4 Å². The van der Waals surface area contributed by atoms with Gasteiger partial charge in [0.2, 0.25) is 0 Å². The second-order valence-corrected chi connectivity index (χ2v) is 5.60. The minimum absolute atomic E-state index is 0.173. The molecule has 0 spiro atoms. The van der Waals surface area contributed by atoms with Gasteiger partial charge in [0.25, 0.3) is 0 Å². The lowest BCUT2D eigenvalue weighted by Crippen LogP contribution is -2.28. The topological polar surface area (TPSA) is 47.3 Å². The maximum absolute atomic E-state index is 5.69. The average Bonchev–Trinajstić information content (AvgIpc) is 2.93. The number of ether oxygens (including phenoxy) is 1. The Balaban J connectivity index is 2.06. The van der Waals surface area contributed by atoms with Crippen molar-refractivity contribution < 1.29 is 4.74 Å². The van der Waals surface area contributed by atoms with Gasteiger partial charge in [0.05, 0.1) is 7.11 Å². The van der Waals surface area contributed by atoms with Crippen LogP contribution < -0.4 is 16.0 Å². The Kier molecular flexibility index (Phi) is 4.96. The van der Waals surface area contributed by atoms with Gasteiger partial charge in [-0.3, -0.25) is 11.3 Å². The van der Waals surface area contributed by atoms with Crippen LogP contribution in [-0.2, 0) is 6.42 Å². The second-order valence-electron chi connectivity index (χ2n) is 4.57. The normalized spacial score (nSPS) is 12.4. The molecule has 0 bridgehead atoms. The molecule has 0 aliphatic heterocycles. The second kappa shape index (κ2) is 6.70. The number of thiophene rings is 1. The summed E-state index contributed by atoms with van der Waals surface area (Å²) in [5.41, 5.74) is 5.25. The molecule has 0 aliphatic carbocycles. The highest BCUT2D eigenvalue weighted by atomic mass is 32.1. The quantitative estimate of drug-likeness (QED) is 0.629. The molecule has 0 amide bonds. The van der Waals surface area contributed by atoms with Crippen LogP contribution in [0.4, 0.5) is 0 Å². The van der Waals surface area contributed by atoms with Gasteiger partial charge in [-0.25, -0.2) is 0 Å². The van der Waals surface area contributed by atoms with Crippen molar-refractivity contribution in [1.82, 2.24) is 5.43 Å². The minimum Gasteiger partial charge on any atom is -0.496 e. The number of rotatable bonds is 6. The van der Waals surface area contributed by atoms with E-state index in [2.05, 4.69) is 42.0 Å². The Morgan fingerprint density at radius 1 is 1.37 bits per heavy atom. The summed E-state index contributed by atoms with van der Waals surface area (Å²) in [6.45, 7) is 2.05. The first-order valence-corrected chi connectivity index (χ1v) is 7.25. The zero-order chi connectivity index (χ0) is 13.7. The van der Waals surface area contributed by atoms with E-state index < -0.39 is 0 Å². The Morgan fingerprint density at radius 2 is 2.21 bits per heavy atom. The third-order valence-electron chi connectivity index (χ3n) is 3.28. The van der Waals surface area contributed by atoms with E-state index in [0.29, 0.717) is 0 Å². The zero-order valence-electron chi connectivity index (χ0n) is 11.3. The molecule has 1 unspecified atom stereocenters. The number of hydrogen-bond donors (Lipinski definition) is 2. The lowest BCUT2D eigenvalue weighted by atomic mass is 10.00. The van der Waals surface area contributed by atoms with Gasteiger partial charge in [-0.1, -0.05) is 18.2 Å². The van der Waals surface area contributed by atoms with Crippen molar-refractivity contribution in [2.45, 2.75) is 25.8 Å². The van der Waals surface area contributed by atoms with E-state index >= 15 is 0 Å². The van der Waals surface area contributed by atoms with Crippen molar-refractivity contribution in [3.05, 3.63) is 51.7 Å². The molecule has 2 rings (SSSR count). The summed E-state index contributed by atoms with van der Waals surface area (Å²) in [6, 6.07) is 10.6. The molecular formula is C15H20N2OS. The molecule has 0 radical (unpaired) electrons. The SMILES string of the molecule is COc1ccc(C(CCc2cccs2)NN)cc1C. The largest absolute Gasteiger partial charge is 0.496 e. The van der Waals surface area contributed by atoms with Crippen LogP contribution in [0.15, 0.2) is 35.7 Å². The molecule has 1 aromatic heterocycles. The average molecular weight is 276 g/mol. The summed E-state index contributed by atoms with van der Waals surface area (Å²) >= 11 is 1.79. The van der Waals surface area contributed by atoms with Gasteiger partial charge in [0.1, 0.15) is 5.75 Å². The summed E-state index contributed by atoms with van der Waals surface area (Å²) in [4.78, 5) is 1.39. The molecule has 0 fully saturated rings. The zero-order valence-corrected chi connectivity index (χ0v) is 12.2. The summed E-state index contributed by atoms with van der Waals surface area (Å²) in [7, 11) is 1.69. The van der Waals surface area contributed by atoms with Crippen LogP contribution in [0.3, 0.4) is 0 Å². The maximum atomic E-state index is 5.69. The molecule has 3 nitrogen and oxygen atoms in total. The Labute approximate surface area is 118 Å². The molecule has 0 saturated heterocycles. The van der Waals surface area contributed by atoms with Crippen LogP contribution in [0.1, 0.15) is 28.5 Å². The lowest BCUT2D eigenvalue weighted by molar-refractivity contribution is 0.411. The van der Waals surface area contributed by atoms with E-state index in [4.69, 9.17) is 10.6 Å². The number of hydrogen-bond acceptors (Lipinski definition) is 4. The fourth-order valence-corrected chi connectivity index (χ4v) is 2.93. The highest BCUT2D eigenvalue weighted by molar-refractivity contribution is 7.09. The first-order valence-electron chi connectivity index (χ1n) is 6.37. The molecule has 3 N–H and O–H groups in total. The fourth-order valence-electron chi connectivity index (χ4n) is 2.21. The van der Waals surface area contributed by atoms with Crippen LogP contribution in [0.2, 0.25) is 0 Å². The van der Waals surface area contributed by atoms with E-state index in [0.717, 1.165) is 24.2 Å².